The smallest absolute Gasteiger partial charge is 0.240 e. The zero-order valence-corrected chi connectivity index (χ0v) is 18.5. The third-order valence-electron chi connectivity index (χ3n) is 5.43. The van der Waals surface area contributed by atoms with Crippen LogP contribution >= 0.6 is 0 Å². The van der Waals surface area contributed by atoms with Crippen molar-refractivity contribution in [3.05, 3.63) is 95.7 Å². The van der Waals surface area contributed by atoms with Crippen molar-refractivity contribution in [3.8, 4) is 0 Å². The maximum Gasteiger partial charge on any atom is 0.240 e. The number of aromatic amines is 1. The predicted octanol–water partition coefficient (Wildman–Crippen LogP) is 4.62. The number of rotatable bonds is 7. The van der Waals surface area contributed by atoms with Crippen molar-refractivity contribution >= 4 is 26.6 Å². The summed E-state index contributed by atoms with van der Waals surface area (Å²) in [6.07, 6.45) is 1.87. The third kappa shape index (κ3) is 4.51. The van der Waals surface area contributed by atoms with Crippen molar-refractivity contribution < 1.29 is 17.2 Å². The maximum absolute atomic E-state index is 13.6. The Kier molecular flexibility index (Phi) is 5.99. The van der Waals surface area contributed by atoms with Gasteiger partial charge in [0.2, 0.25) is 10.0 Å². The standard InChI is InChI=1S/C24H23F2N3O2S/c1-29(2)19-9-7-16(8-10-19)22(23-14-27-24-6-4-3-5-21(23)24)15-28-32(30,31)20-12-17(25)11-18(26)13-20/h3-14,22,27-28H,15H2,1-2H3/t22-/m1/s1. The van der Waals surface area contributed by atoms with E-state index in [0.717, 1.165) is 39.8 Å². The number of H-pyrrole nitrogens is 1. The van der Waals surface area contributed by atoms with E-state index in [0.29, 0.717) is 6.07 Å². The van der Waals surface area contributed by atoms with Crippen molar-refractivity contribution in [2.75, 3.05) is 25.5 Å². The molecule has 0 saturated heterocycles. The molecule has 0 unspecified atom stereocenters. The van der Waals surface area contributed by atoms with Gasteiger partial charge in [0.05, 0.1) is 4.90 Å². The van der Waals surface area contributed by atoms with Gasteiger partial charge in [0.25, 0.3) is 0 Å². The van der Waals surface area contributed by atoms with Gasteiger partial charge in [-0.3, -0.25) is 0 Å². The first-order valence-electron chi connectivity index (χ1n) is 10.0. The lowest BCUT2D eigenvalue weighted by Crippen LogP contribution is -2.29. The lowest BCUT2D eigenvalue weighted by molar-refractivity contribution is 0.559. The monoisotopic (exact) mass is 455 g/mol. The highest BCUT2D eigenvalue weighted by molar-refractivity contribution is 7.89. The van der Waals surface area contributed by atoms with Gasteiger partial charge in [0.1, 0.15) is 11.6 Å². The molecule has 0 aliphatic rings. The number of nitrogens with zero attached hydrogens (tertiary/aromatic N) is 1. The van der Waals surface area contributed by atoms with Gasteiger partial charge in [-0.1, -0.05) is 30.3 Å². The molecule has 1 atom stereocenters. The number of fused-ring (bicyclic) bond motifs is 1. The number of nitrogens with one attached hydrogen (secondary N) is 2. The second kappa shape index (κ2) is 8.72. The van der Waals surface area contributed by atoms with Crippen molar-refractivity contribution in [2.24, 2.45) is 0 Å². The van der Waals surface area contributed by atoms with Crippen LogP contribution in [0.5, 0.6) is 0 Å². The van der Waals surface area contributed by atoms with Gasteiger partial charge in [-0.05, 0) is 41.5 Å². The second-order valence-corrected chi connectivity index (χ2v) is 9.55. The van der Waals surface area contributed by atoms with Gasteiger partial charge in [0, 0.05) is 55.4 Å². The molecule has 0 radical (unpaired) electrons. The maximum atomic E-state index is 13.6. The predicted molar refractivity (Wildman–Crippen MR) is 122 cm³/mol. The van der Waals surface area contributed by atoms with Gasteiger partial charge in [-0.15, -0.1) is 0 Å². The van der Waals surface area contributed by atoms with Crippen LogP contribution in [-0.2, 0) is 10.0 Å². The van der Waals surface area contributed by atoms with Gasteiger partial charge in [0.15, 0.2) is 0 Å². The Morgan fingerprint density at radius 1 is 0.969 bits per heavy atom. The quantitative estimate of drug-likeness (QED) is 0.427. The number of sulfonamides is 1. The van der Waals surface area contributed by atoms with Gasteiger partial charge < -0.3 is 9.88 Å². The highest BCUT2D eigenvalue weighted by Gasteiger charge is 2.23. The Bertz CT molecular complexity index is 1330. The summed E-state index contributed by atoms with van der Waals surface area (Å²) in [4.78, 5) is 4.76. The number of aromatic nitrogens is 1. The Labute approximate surface area is 185 Å². The van der Waals surface area contributed by atoms with Crippen molar-refractivity contribution in [3.63, 3.8) is 0 Å². The van der Waals surface area contributed by atoms with Crippen LogP contribution in [0.25, 0.3) is 10.9 Å². The van der Waals surface area contributed by atoms with Crippen LogP contribution in [-0.4, -0.2) is 34.0 Å². The molecule has 8 heteroatoms. The number of para-hydroxylation sites is 1. The number of anilines is 1. The average Bonchev–Trinajstić information content (AvgIpc) is 3.17. The summed E-state index contributed by atoms with van der Waals surface area (Å²) in [5, 5.41) is 0.977. The average molecular weight is 456 g/mol. The number of hydrogen-bond donors (Lipinski definition) is 2. The molecule has 0 spiro atoms. The molecule has 1 aromatic heterocycles. The number of hydrogen-bond acceptors (Lipinski definition) is 3. The van der Waals surface area contributed by atoms with E-state index in [1.54, 1.807) is 0 Å². The minimum absolute atomic E-state index is 0.0175. The number of halogens is 2. The topological polar surface area (TPSA) is 65.2 Å². The molecule has 0 amide bonds. The summed E-state index contributed by atoms with van der Waals surface area (Å²) in [5.41, 5.74) is 3.79. The zero-order valence-electron chi connectivity index (χ0n) is 17.6. The fraction of sp³-hybridized carbons (Fsp3) is 0.167. The zero-order chi connectivity index (χ0) is 22.9. The van der Waals surface area contributed by atoms with E-state index in [-0.39, 0.29) is 12.5 Å². The second-order valence-electron chi connectivity index (χ2n) is 7.79. The highest BCUT2D eigenvalue weighted by Crippen LogP contribution is 2.32. The Balaban J connectivity index is 1.71. The van der Waals surface area contributed by atoms with E-state index in [1.807, 2.05) is 73.7 Å². The summed E-state index contributed by atoms with van der Waals surface area (Å²) in [5.74, 6) is -2.22. The van der Waals surface area contributed by atoms with Gasteiger partial charge in [-0.2, -0.15) is 0 Å². The van der Waals surface area contributed by atoms with E-state index in [9.17, 15) is 17.2 Å². The molecule has 3 aromatic carbocycles. The molecule has 4 aromatic rings. The highest BCUT2D eigenvalue weighted by atomic mass is 32.2. The summed E-state index contributed by atoms with van der Waals surface area (Å²) < 4.78 is 55.3. The molecule has 0 aliphatic heterocycles. The van der Waals surface area contributed by atoms with Crippen LogP contribution in [0.2, 0.25) is 0 Å². The molecule has 166 valence electrons. The Morgan fingerprint density at radius 3 is 2.28 bits per heavy atom. The van der Waals surface area contributed by atoms with Crippen LogP contribution in [0.15, 0.2) is 77.8 Å². The fourth-order valence-corrected chi connectivity index (χ4v) is 4.84. The Morgan fingerprint density at radius 2 is 1.62 bits per heavy atom. The molecule has 2 N–H and O–H groups in total. The molecule has 0 saturated carbocycles. The molecule has 4 rings (SSSR count). The normalized spacial score (nSPS) is 12.8. The lowest BCUT2D eigenvalue weighted by Gasteiger charge is -2.20. The largest absolute Gasteiger partial charge is 0.378 e. The van der Waals surface area contributed by atoms with E-state index in [4.69, 9.17) is 0 Å². The summed E-state index contributed by atoms with van der Waals surface area (Å²) in [7, 11) is -0.237. The van der Waals surface area contributed by atoms with Gasteiger partial charge in [-0.25, -0.2) is 21.9 Å². The first-order chi connectivity index (χ1) is 15.2. The number of benzene rings is 3. The fourth-order valence-electron chi connectivity index (χ4n) is 3.75. The third-order valence-corrected chi connectivity index (χ3v) is 6.84. The minimum Gasteiger partial charge on any atom is -0.378 e. The van der Waals surface area contributed by atoms with E-state index >= 15 is 0 Å². The molecular weight excluding hydrogens is 432 g/mol. The molecular formula is C24H23F2N3O2S. The molecule has 32 heavy (non-hydrogen) atoms. The molecule has 1 heterocycles. The van der Waals surface area contributed by atoms with Crippen molar-refractivity contribution in [1.29, 1.82) is 0 Å². The summed E-state index contributed by atoms with van der Waals surface area (Å²) in [6.45, 7) is 0.0175. The van der Waals surface area contributed by atoms with Gasteiger partial charge >= 0.3 is 0 Å². The van der Waals surface area contributed by atoms with Crippen LogP contribution in [0.3, 0.4) is 0 Å². The van der Waals surface area contributed by atoms with E-state index in [1.165, 1.54) is 0 Å². The summed E-state index contributed by atoms with van der Waals surface area (Å²) in [6, 6.07) is 17.9. The van der Waals surface area contributed by atoms with Crippen LogP contribution in [0.4, 0.5) is 14.5 Å². The molecule has 5 nitrogen and oxygen atoms in total. The molecule has 0 bridgehead atoms. The van der Waals surface area contributed by atoms with E-state index in [2.05, 4.69) is 9.71 Å². The SMILES string of the molecule is CN(C)c1ccc([C@@H](CNS(=O)(=O)c2cc(F)cc(F)c2)c2c[nH]c3ccccc23)cc1. The lowest BCUT2D eigenvalue weighted by atomic mass is 9.91. The minimum atomic E-state index is -4.12. The van der Waals surface area contributed by atoms with Crippen LogP contribution < -0.4 is 9.62 Å². The van der Waals surface area contributed by atoms with Crippen molar-refractivity contribution in [1.82, 2.24) is 9.71 Å². The van der Waals surface area contributed by atoms with Crippen LogP contribution in [0, 0.1) is 11.6 Å². The summed E-state index contributed by atoms with van der Waals surface area (Å²) >= 11 is 0. The first-order valence-corrected chi connectivity index (χ1v) is 11.5. The Hall–Kier alpha value is -3.23. The van der Waals surface area contributed by atoms with Crippen molar-refractivity contribution in [2.45, 2.75) is 10.8 Å². The van der Waals surface area contributed by atoms with E-state index < -0.39 is 26.6 Å². The van der Waals surface area contributed by atoms with Crippen LogP contribution in [0.1, 0.15) is 17.0 Å². The first kappa shape index (κ1) is 22.0. The molecule has 0 fully saturated rings. The molecule has 0 aliphatic carbocycles.